The van der Waals surface area contributed by atoms with E-state index in [-0.39, 0.29) is 18.1 Å². The highest BCUT2D eigenvalue weighted by Crippen LogP contribution is 2.17. The quantitative estimate of drug-likeness (QED) is 0.291. The van der Waals surface area contributed by atoms with Crippen LogP contribution in [0.3, 0.4) is 0 Å². The lowest BCUT2D eigenvalue weighted by Crippen LogP contribution is -2.28. The number of carbonyl (C=O) groups excluding carboxylic acids is 1. The molecule has 3 aromatic rings. The molecule has 32 heavy (non-hydrogen) atoms. The van der Waals surface area contributed by atoms with Crippen LogP contribution in [-0.2, 0) is 11.4 Å². The number of ether oxygens (including phenoxy) is 1. The summed E-state index contributed by atoms with van der Waals surface area (Å²) in [5.74, 6) is -0.881. The maximum absolute atomic E-state index is 12.3. The molecule has 2 aromatic heterocycles. The zero-order chi connectivity index (χ0) is 23.3. The summed E-state index contributed by atoms with van der Waals surface area (Å²) in [6.07, 6.45) is 2.24. The highest BCUT2D eigenvalue weighted by molar-refractivity contribution is 5.99. The smallest absolute Gasteiger partial charge is 0.371 e. The fraction of sp³-hybridized carbons (Fsp3) is 0.200. The molecular formula is C20H19N5O7. The minimum Gasteiger partial charge on any atom is -0.486 e. The number of nitro groups is 1. The van der Waals surface area contributed by atoms with Gasteiger partial charge in [0, 0.05) is 0 Å². The molecule has 12 nitrogen and oxygen atoms in total. The number of nitrogens with zero attached hydrogens (tertiary/aromatic N) is 4. The molecule has 2 heterocycles. The third-order valence-corrected chi connectivity index (χ3v) is 4.43. The number of furan rings is 1. The first-order valence-corrected chi connectivity index (χ1v) is 9.32. The number of benzene rings is 1. The van der Waals surface area contributed by atoms with E-state index in [1.165, 1.54) is 23.0 Å². The van der Waals surface area contributed by atoms with Gasteiger partial charge in [0.05, 0.1) is 10.6 Å². The summed E-state index contributed by atoms with van der Waals surface area (Å²) in [4.78, 5) is 33.2. The molecule has 0 saturated heterocycles. The molecule has 3 rings (SSSR count). The highest BCUT2D eigenvalue weighted by atomic mass is 16.6. The zero-order valence-electron chi connectivity index (χ0n) is 17.1. The van der Waals surface area contributed by atoms with E-state index in [1.807, 2.05) is 0 Å². The molecular weight excluding hydrogens is 422 g/mol. The number of aromatic carboxylic acids is 1. The minimum atomic E-state index is -1.15. The third kappa shape index (κ3) is 5.36. The number of hydrazone groups is 1. The first-order chi connectivity index (χ1) is 15.2. The molecule has 0 bridgehead atoms. The average Bonchev–Trinajstić information content (AvgIpc) is 3.46. The molecule has 1 aromatic carbocycles. The highest BCUT2D eigenvalue weighted by Gasteiger charge is 2.19. The van der Waals surface area contributed by atoms with Gasteiger partial charge in [-0.15, -0.1) is 0 Å². The summed E-state index contributed by atoms with van der Waals surface area (Å²) in [6.45, 7) is 3.32. The Labute approximate surface area is 181 Å². The van der Waals surface area contributed by atoms with Gasteiger partial charge in [0.15, 0.2) is 0 Å². The van der Waals surface area contributed by atoms with Crippen LogP contribution in [-0.4, -0.2) is 37.4 Å². The fourth-order valence-corrected chi connectivity index (χ4v) is 2.57. The molecule has 2 N–H and O–H groups in total. The van der Waals surface area contributed by atoms with Gasteiger partial charge in [0.2, 0.25) is 5.76 Å². The Hall–Kier alpha value is -4.48. The lowest BCUT2D eigenvalue weighted by atomic mass is 10.1. The number of carboxylic acid groups (broad SMARTS) is 1. The Morgan fingerprint density at radius 3 is 2.62 bits per heavy atom. The first kappa shape index (κ1) is 22.2. The van der Waals surface area contributed by atoms with E-state index in [2.05, 4.69) is 15.6 Å². The lowest BCUT2D eigenvalue weighted by Gasteiger charge is -2.10. The Kier molecular flexibility index (Phi) is 6.63. The monoisotopic (exact) mass is 441 g/mol. The van der Waals surface area contributed by atoms with Crippen LogP contribution in [0.5, 0.6) is 5.75 Å². The van der Waals surface area contributed by atoms with Crippen molar-refractivity contribution >= 4 is 23.3 Å². The number of amides is 1. The predicted molar refractivity (Wildman–Crippen MR) is 110 cm³/mol. The van der Waals surface area contributed by atoms with Crippen molar-refractivity contribution in [3.63, 3.8) is 0 Å². The van der Waals surface area contributed by atoms with Gasteiger partial charge < -0.3 is 14.3 Å². The molecule has 0 unspecified atom stereocenters. The van der Waals surface area contributed by atoms with E-state index in [0.717, 1.165) is 11.8 Å². The lowest BCUT2D eigenvalue weighted by molar-refractivity contribution is -0.385. The molecule has 0 aliphatic carbocycles. The van der Waals surface area contributed by atoms with E-state index in [1.54, 1.807) is 38.1 Å². The van der Waals surface area contributed by atoms with Crippen LogP contribution in [0, 0.1) is 10.1 Å². The maximum Gasteiger partial charge on any atom is 0.371 e. The second kappa shape index (κ2) is 9.55. The van der Waals surface area contributed by atoms with Crippen LogP contribution in [0.2, 0.25) is 0 Å². The second-order valence-electron chi connectivity index (χ2n) is 6.67. The van der Waals surface area contributed by atoms with Crippen LogP contribution >= 0.6 is 0 Å². The Balaban J connectivity index is 1.55. The number of carboxylic acids is 1. The molecule has 166 valence electrons. The Morgan fingerprint density at radius 2 is 2.03 bits per heavy atom. The number of nitrogens with one attached hydrogen (secondary N) is 1. The van der Waals surface area contributed by atoms with Gasteiger partial charge in [-0.25, -0.2) is 10.2 Å². The number of rotatable bonds is 9. The van der Waals surface area contributed by atoms with E-state index in [9.17, 15) is 19.7 Å². The molecule has 0 fully saturated rings. The Morgan fingerprint density at radius 1 is 1.31 bits per heavy atom. The number of hydrogen-bond acceptors (Lipinski definition) is 8. The number of carbonyl (C=O) groups is 2. The normalized spacial score (nSPS) is 12.2. The van der Waals surface area contributed by atoms with Gasteiger partial charge in [-0.3, -0.25) is 19.6 Å². The summed E-state index contributed by atoms with van der Waals surface area (Å²) in [7, 11) is 0. The van der Waals surface area contributed by atoms with Crippen molar-refractivity contribution in [1.82, 2.24) is 15.2 Å². The largest absolute Gasteiger partial charge is 0.486 e. The van der Waals surface area contributed by atoms with E-state index >= 15 is 0 Å². The molecule has 1 amide bonds. The molecule has 0 aliphatic rings. The van der Waals surface area contributed by atoms with Gasteiger partial charge >= 0.3 is 11.7 Å². The standard InChI is InChI=1S/C20H19N5O7/c1-12(22-23-19(26)13(2)24-10-15(9-21-24)25(29)30)14-3-5-16(6-4-14)31-11-17-7-8-18(32-17)20(27)28/h3-10,13H,11H2,1-2H3,(H,23,26)(H,27,28)/b22-12+/t13-/m1/s1. The van der Waals surface area contributed by atoms with E-state index in [4.69, 9.17) is 14.3 Å². The maximum atomic E-state index is 12.3. The summed E-state index contributed by atoms with van der Waals surface area (Å²) >= 11 is 0. The number of hydrogen-bond donors (Lipinski definition) is 2. The molecule has 12 heteroatoms. The summed E-state index contributed by atoms with van der Waals surface area (Å²) in [5.41, 5.74) is 3.47. The summed E-state index contributed by atoms with van der Waals surface area (Å²) in [5, 5.41) is 27.5. The molecule has 0 radical (unpaired) electrons. The third-order valence-electron chi connectivity index (χ3n) is 4.43. The van der Waals surface area contributed by atoms with Gasteiger partial charge in [-0.2, -0.15) is 10.2 Å². The van der Waals surface area contributed by atoms with Crippen LogP contribution in [0.15, 0.2) is 58.3 Å². The SMILES string of the molecule is C/C(=N\NC(=O)[C@@H](C)n1cc([N+](=O)[O-])cn1)c1ccc(OCc2ccc(C(=O)O)o2)cc1. The zero-order valence-corrected chi connectivity index (χ0v) is 17.1. The first-order valence-electron chi connectivity index (χ1n) is 9.32. The Bertz CT molecular complexity index is 1160. The van der Waals surface area contributed by atoms with E-state index < -0.39 is 22.8 Å². The van der Waals surface area contributed by atoms with Crippen LogP contribution in [0.4, 0.5) is 5.69 Å². The van der Waals surface area contributed by atoms with Gasteiger partial charge in [-0.1, -0.05) is 0 Å². The van der Waals surface area contributed by atoms with Crippen molar-refractivity contribution in [2.24, 2.45) is 5.10 Å². The van der Waals surface area contributed by atoms with Gasteiger partial charge in [-0.05, 0) is 55.8 Å². The molecule has 0 aliphatic heterocycles. The van der Waals surface area contributed by atoms with Gasteiger partial charge in [0.25, 0.3) is 5.91 Å². The predicted octanol–water partition coefficient (Wildman–Crippen LogP) is 2.76. The average molecular weight is 441 g/mol. The van der Waals surface area contributed by atoms with Crippen molar-refractivity contribution in [2.45, 2.75) is 26.5 Å². The minimum absolute atomic E-state index is 0.0687. The molecule has 1 atom stereocenters. The van der Waals surface area contributed by atoms with Crippen molar-refractivity contribution < 1.29 is 28.8 Å². The van der Waals surface area contributed by atoms with Crippen molar-refractivity contribution in [3.05, 3.63) is 76.0 Å². The van der Waals surface area contributed by atoms with Gasteiger partial charge in [0.1, 0.15) is 36.6 Å². The fourth-order valence-electron chi connectivity index (χ4n) is 2.57. The van der Waals surface area contributed by atoms with Crippen molar-refractivity contribution in [1.29, 1.82) is 0 Å². The topological polar surface area (TPSA) is 162 Å². The van der Waals surface area contributed by atoms with Crippen LogP contribution < -0.4 is 10.2 Å². The van der Waals surface area contributed by atoms with Crippen molar-refractivity contribution in [2.75, 3.05) is 0 Å². The van der Waals surface area contributed by atoms with Crippen molar-refractivity contribution in [3.8, 4) is 5.75 Å². The number of aromatic nitrogens is 2. The van der Waals surface area contributed by atoms with Crippen LogP contribution in [0.1, 0.15) is 41.8 Å². The summed E-state index contributed by atoms with van der Waals surface area (Å²) < 4.78 is 11.9. The van der Waals surface area contributed by atoms with Crippen LogP contribution in [0.25, 0.3) is 0 Å². The van der Waals surface area contributed by atoms with E-state index in [0.29, 0.717) is 17.2 Å². The summed E-state index contributed by atoms with van der Waals surface area (Å²) in [6, 6.07) is 8.97. The second-order valence-corrected chi connectivity index (χ2v) is 6.67. The molecule has 0 spiro atoms. The molecule has 0 saturated carbocycles.